The molecule has 2 heterocycles. The SMILES string of the molecule is COc1cc(NC2CCN(CC3CCC3)CC2)ncn1. The number of nitrogens with one attached hydrogen (secondary N) is 1. The second kappa shape index (κ2) is 6.39. The van der Waals surface area contributed by atoms with Crippen molar-refractivity contribution in [3.63, 3.8) is 0 Å². The first-order valence-electron chi connectivity index (χ1n) is 7.68. The third-order valence-corrected chi connectivity index (χ3v) is 4.53. The third kappa shape index (κ3) is 3.39. The quantitative estimate of drug-likeness (QED) is 0.893. The van der Waals surface area contributed by atoms with E-state index in [1.54, 1.807) is 13.4 Å². The summed E-state index contributed by atoms with van der Waals surface area (Å²) in [5, 5.41) is 3.50. The molecule has 20 heavy (non-hydrogen) atoms. The largest absolute Gasteiger partial charge is 0.481 e. The fraction of sp³-hybridized carbons (Fsp3) is 0.733. The van der Waals surface area contributed by atoms with Gasteiger partial charge in [0.25, 0.3) is 0 Å². The Morgan fingerprint density at radius 1 is 1.25 bits per heavy atom. The molecular formula is C15H24N4O. The molecule has 2 aliphatic rings. The molecule has 1 aliphatic heterocycles. The average molecular weight is 276 g/mol. The zero-order chi connectivity index (χ0) is 13.8. The van der Waals surface area contributed by atoms with E-state index in [1.165, 1.54) is 51.7 Å². The van der Waals surface area contributed by atoms with Gasteiger partial charge >= 0.3 is 0 Å². The lowest BCUT2D eigenvalue weighted by Crippen LogP contribution is -2.42. The molecule has 0 aromatic carbocycles. The molecule has 0 atom stereocenters. The topological polar surface area (TPSA) is 50.3 Å². The van der Waals surface area contributed by atoms with Gasteiger partial charge < -0.3 is 15.0 Å². The minimum absolute atomic E-state index is 0.521. The summed E-state index contributed by atoms with van der Waals surface area (Å²) in [5.74, 6) is 2.46. The lowest BCUT2D eigenvalue weighted by molar-refractivity contribution is 0.150. The fourth-order valence-corrected chi connectivity index (χ4v) is 3.04. The van der Waals surface area contributed by atoms with Crippen LogP contribution in [0, 0.1) is 5.92 Å². The summed E-state index contributed by atoms with van der Waals surface area (Å²) in [6.07, 6.45) is 8.26. The van der Waals surface area contributed by atoms with Crippen LogP contribution in [-0.4, -0.2) is 47.7 Å². The maximum Gasteiger partial charge on any atom is 0.218 e. The van der Waals surface area contributed by atoms with Gasteiger partial charge in [0.15, 0.2) is 0 Å². The Hall–Kier alpha value is -1.36. The molecule has 1 aromatic heterocycles. The Morgan fingerprint density at radius 3 is 2.70 bits per heavy atom. The molecule has 0 spiro atoms. The normalized spacial score (nSPS) is 21.4. The first-order chi connectivity index (χ1) is 9.83. The summed E-state index contributed by atoms with van der Waals surface area (Å²) < 4.78 is 5.12. The predicted octanol–water partition coefficient (Wildman–Crippen LogP) is 2.16. The summed E-state index contributed by atoms with van der Waals surface area (Å²) in [7, 11) is 1.63. The van der Waals surface area contributed by atoms with Crippen molar-refractivity contribution < 1.29 is 4.74 Å². The first kappa shape index (κ1) is 13.6. The van der Waals surface area contributed by atoms with Crippen molar-refractivity contribution in [2.75, 3.05) is 32.1 Å². The van der Waals surface area contributed by atoms with Gasteiger partial charge in [-0.2, -0.15) is 0 Å². The van der Waals surface area contributed by atoms with Crippen molar-refractivity contribution in [2.24, 2.45) is 5.92 Å². The van der Waals surface area contributed by atoms with Crippen molar-refractivity contribution in [1.29, 1.82) is 0 Å². The van der Waals surface area contributed by atoms with E-state index in [0.717, 1.165) is 11.7 Å². The van der Waals surface area contributed by atoms with Crippen LogP contribution < -0.4 is 10.1 Å². The lowest BCUT2D eigenvalue weighted by atomic mass is 9.84. The van der Waals surface area contributed by atoms with E-state index in [-0.39, 0.29) is 0 Å². The van der Waals surface area contributed by atoms with E-state index >= 15 is 0 Å². The molecule has 1 saturated carbocycles. The number of ether oxygens (including phenoxy) is 1. The molecule has 0 unspecified atom stereocenters. The molecule has 0 amide bonds. The maximum atomic E-state index is 5.12. The number of likely N-dealkylation sites (tertiary alicyclic amines) is 1. The first-order valence-corrected chi connectivity index (χ1v) is 7.68. The smallest absolute Gasteiger partial charge is 0.218 e. The minimum Gasteiger partial charge on any atom is -0.481 e. The van der Waals surface area contributed by atoms with Crippen LogP contribution in [0.25, 0.3) is 0 Å². The van der Waals surface area contributed by atoms with Crippen LogP contribution >= 0.6 is 0 Å². The van der Waals surface area contributed by atoms with Crippen LogP contribution in [0.15, 0.2) is 12.4 Å². The number of methoxy groups -OCH3 is 1. The standard InChI is InChI=1S/C15H24N4O/c1-20-15-9-14(16-11-17-15)18-13-5-7-19(8-6-13)10-12-3-2-4-12/h9,11-13H,2-8,10H2,1H3,(H,16,17,18). The van der Waals surface area contributed by atoms with Gasteiger partial charge in [0, 0.05) is 31.7 Å². The monoisotopic (exact) mass is 276 g/mol. The number of hydrogen-bond donors (Lipinski definition) is 1. The molecule has 5 nitrogen and oxygen atoms in total. The highest BCUT2D eigenvalue weighted by molar-refractivity contribution is 5.38. The summed E-state index contributed by atoms with van der Waals surface area (Å²) in [4.78, 5) is 10.9. The van der Waals surface area contributed by atoms with Gasteiger partial charge in [-0.3, -0.25) is 0 Å². The van der Waals surface area contributed by atoms with Gasteiger partial charge in [-0.25, -0.2) is 9.97 Å². The van der Waals surface area contributed by atoms with E-state index in [0.29, 0.717) is 11.9 Å². The lowest BCUT2D eigenvalue weighted by Gasteiger charge is -2.37. The molecule has 0 bridgehead atoms. The fourth-order valence-electron chi connectivity index (χ4n) is 3.04. The highest BCUT2D eigenvalue weighted by Crippen LogP contribution is 2.28. The Balaban J connectivity index is 1.45. The number of anilines is 1. The number of aromatic nitrogens is 2. The molecule has 3 rings (SSSR count). The summed E-state index contributed by atoms with van der Waals surface area (Å²) in [6, 6.07) is 2.38. The molecule has 1 N–H and O–H groups in total. The third-order valence-electron chi connectivity index (χ3n) is 4.53. The zero-order valence-electron chi connectivity index (χ0n) is 12.2. The summed E-state index contributed by atoms with van der Waals surface area (Å²) >= 11 is 0. The molecule has 5 heteroatoms. The molecule has 1 aliphatic carbocycles. The second-order valence-corrected chi connectivity index (χ2v) is 5.96. The number of rotatable bonds is 5. The van der Waals surface area contributed by atoms with Crippen LogP contribution in [0.1, 0.15) is 32.1 Å². The van der Waals surface area contributed by atoms with E-state index in [4.69, 9.17) is 4.74 Å². The van der Waals surface area contributed by atoms with E-state index < -0.39 is 0 Å². The van der Waals surface area contributed by atoms with E-state index in [2.05, 4.69) is 20.2 Å². The Kier molecular flexibility index (Phi) is 4.35. The van der Waals surface area contributed by atoms with E-state index in [9.17, 15) is 0 Å². The molecule has 0 radical (unpaired) electrons. The highest BCUT2D eigenvalue weighted by Gasteiger charge is 2.24. The van der Waals surface area contributed by atoms with Gasteiger partial charge in [-0.15, -0.1) is 0 Å². The minimum atomic E-state index is 0.521. The molecule has 1 saturated heterocycles. The predicted molar refractivity (Wildman–Crippen MR) is 79.0 cm³/mol. The van der Waals surface area contributed by atoms with Crippen LogP contribution in [0.4, 0.5) is 5.82 Å². The highest BCUT2D eigenvalue weighted by atomic mass is 16.5. The zero-order valence-corrected chi connectivity index (χ0v) is 12.2. The van der Waals surface area contributed by atoms with Gasteiger partial charge in [-0.05, 0) is 31.6 Å². The van der Waals surface area contributed by atoms with Crippen LogP contribution in [0.5, 0.6) is 5.88 Å². The van der Waals surface area contributed by atoms with E-state index in [1.807, 2.05) is 6.07 Å². The number of piperidine rings is 1. The maximum absolute atomic E-state index is 5.12. The Labute approximate surface area is 120 Å². The Bertz CT molecular complexity index is 428. The Morgan fingerprint density at radius 2 is 2.05 bits per heavy atom. The molecular weight excluding hydrogens is 252 g/mol. The van der Waals surface area contributed by atoms with Gasteiger partial charge in [-0.1, -0.05) is 6.42 Å². The van der Waals surface area contributed by atoms with Crippen molar-refractivity contribution >= 4 is 5.82 Å². The van der Waals surface area contributed by atoms with Crippen molar-refractivity contribution in [1.82, 2.24) is 14.9 Å². The van der Waals surface area contributed by atoms with Crippen molar-refractivity contribution in [2.45, 2.75) is 38.1 Å². The number of hydrogen-bond acceptors (Lipinski definition) is 5. The van der Waals surface area contributed by atoms with Gasteiger partial charge in [0.05, 0.1) is 7.11 Å². The second-order valence-electron chi connectivity index (χ2n) is 5.96. The number of nitrogens with zero attached hydrogens (tertiary/aromatic N) is 3. The molecule has 1 aromatic rings. The van der Waals surface area contributed by atoms with Crippen molar-refractivity contribution in [3.8, 4) is 5.88 Å². The summed E-state index contributed by atoms with van der Waals surface area (Å²) in [5.41, 5.74) is 0. The molecule has 110 valence electrons. The van der Waals surface area contributed by atoms with Gasteiger partial charge in [0.1, 0.15) is 12.1 Å². The van der Waals surface area contributed by atoms with Crippen molar-refractivity contribution in [3.05, 3.63) is 12.4 Å². The van der Waals surface area contributed by atoms with Crippen LogP contribution in [-0.2, 0) is 0 Å². The molecule has 2 fully saturated rings. The average Bonchev–Trinajstić information content (AvgIpc) is 2.45. The summed E-state index contributed by atoms with van der Waals surface area (Å²) in [6.45, 7) is 3.72. The van der Waals surface area contributed by atoms with Gasteiger partial charge in [0.2, 0.25) is 5.88 Å². The van der Waals surface area contributed by atoms with Crippen LogP contribution in [0.2, 0.25) is 0 Å². The van der Waals surface area contributed by atoms with Crippen LogP contribution in [0.3, 0.4) is 0 Å².